The minimum atomic E-state index is -3.39. The van der Waals surface area contributed by atoms with E-state index in [0.717, 1.165) is 30.8 Å². The Hall–Kier alpha value is -2.51. The second kappa shape index (κ2) is 8.47. The lowest BCUT2D eigenvalue weighted by Gasteiger charge is -2.31. The summed E-state index contributed by atoms with van der Waals surface area (Å²) in [6, 6.07) is 15.7. The molecule has 4 rings (SSSR count). The first-order valence-corrected chi connectivity index (χ1v) is 11.4. The average molecular weight is 414 g/mol. The topological polar surface area (TPSA) is 55.2 Å². The summed E-state index contributed by atoms with van der Waals surface area (Å²) in [7, 11) is -3.39. The van der Waals surface area contributed by atoms with Gasteiger partial charge in [0.05, 0.1) is 5.75 Å². The van der Waals surface area contributed by atoms with Crippen molar-refractivity contribution in [3.63, 3.8) is 0 Å². The average Bonchev–Trinajstić information content (AvgIpc) is 3.19. The zero-order valence-electron chi connectivity index (χ0n) is 16.1. The van der Waals surface area contributed by atoms with Gasteiger partial charge in [-0.15, -0.1) is 0 Å². The van der Waals surface area contributed by atoms with E-state index >= 15 is 0 Å². The van der Waals surface area contributed by atoms with Gasteiger partial charge >= 0.3 is 0 Å². The Balaban J connectivity index is 1.36. The van der Waals surface area contributed by atoms with E-state index < -0.39 is 10.0 Å². The largest absolute Gasteiger partial charge is 0.331 e. The van der Waals surface area contributed by atoms with Crippen LogP contribution in [-0.2, 0) is 22.3 Å². The number of benzene rings is 2. The molecule has 0 unspecified atom stereocenters. The smallest absolute Gasteiger partial charge is 0.218 e. The van der Waals surface area contributed by atoms with E-state index in [-0.39, 0.29) is 11.6 Å². The van der Waals surface area contributed by atoms with Gasteiger partial charge in [0, 0.05) is 37.6 Å². The van der Waals surface area contributed by atoms with Crippen molar-refractivity contribution in [1.29, 1.82) is 0 Å². The van der Waals surface area contributed by atoms with Gasteiger partial charge in [-0.25, -0.2) is 22.1 Å². The van der Waals surface area contributed by atoms with Crippen LogP contribution in [0.5, 0.6) is 0 Å². The van der Waals surface area contributed by atoms with E-state index in [4.69, 9.17) is 0 Å². The molecule has 1 fully saturated rings. The second-order valence-electron chi connectivity index (χ2n) is 7.49. The summed E-state index contributed by atoms with van der Waals surface area (Å²) in [5.41, 5.74) is 1.69. The fourth-order valence-electron chi connectivity index (χ4n) is 3.83. The third kappa shape index (κ3) is 4.74. The van der Waals surface area contributed by atoms with Crippen molar-refractivity contribution in [3.8, 4) is 11.4 Å². The molecule has 5 nitrogen and oxygen atoms in total. The molecule has 1 aromatic heterocycles. The lowest BCUT2D eigenvalue weighted by molar-refractivity contribution is 0.253. The molecule has 2 heterocycles. The molecule has 0 atom stereocenters. The molecule has 0 bridgehead atoms. The molecule has 152 valence electrons. The zero-order chi connectivity index (χ0) is 20.3. The summed E-state index contributed by atoms with van der Waals surface area (Å²) in [5.74, 6) is 0.902. The molecule has 0 spiro atoms. The van der Waals surface area contributed by atoms with Crippen LogP contribution < -0.4 is 0 Å². The Kier molecular flexibility index (Phi) is 5.78. The number of halogens is 1. The van der Waals surface area contributed by atoms with Crippen LogP contribution in [0.4, 0.5) is 4.39 Å². The molecule has 29 heavy (non-hydrogen) atoms. The van der Waals surface area contributed by atoms with E-state index in [1.807, 2.05) is 42.7 Å². The molecule has 7 heteroatoms. The third-order valence-electron chi connectivity index (χ3n) is 5.43. The number of imidazole rings is 1. The molecular formula is C22H24FN3O2S. The molecule has 0 aliphatic carbocycles. The van der Waals surface area contributed by atoms with E-state index in [1.54, 1.807) is 4.31 Å². The maximum Gasteiger partial charge on any atom is 0.218 e. The highest BCUT2D eigenvalue weighted by atomic mass is 32.2. The van der Waals surface area contributed by atoms with Gasteiger partial charge in [0.2, 0.25) is 10.0 Å². The Morgan fingerprint density at radius 1 is 1.00 bits per heavy atom. The molecule has 0 saturated carbocycles. The van der Waals surface area contributed by atoms with Gasteiger partial charge in [0.25, 0.3) is 0 Å². The Morgan fingerprint density at radius 2 is 1.69 bits per heavy atom. The number of hydrogen-bond donors (Lipinski definition) is 0. The Bertz CT molecular complexity index is 1040. The number of nitrogens with zero attached hydrogens (tertiary/aromatic N) is 3. The van der Waals surface area contributed by atoms with Gasteiger partial charge in [-0.2, -0.15) is 0 Å². The molecule has 1 saturated heterocycles. The van der Waals surface area contributed by atoms with E-state index in [0.29, 0.717) is 24.6 Å². The van der Waals surface area contributed by atoms with Gasteiger partial charge in [0.15, 0.2) is 0 Å². The quantitative estimate of drug-likeness (QED) is 0.615. The normalized spacial score (nSPS) is 16.2. The summed E-state index contributed by atoms with van der Waals surface area (Å²) in [6.45, 7) is 1.86. The highest BCUT2D eigenvalue weighted by molar-refractivity contribution is 7.88. The van der Waals surface area contributed by atoms with Gasteiger partial charge in [-0.1, -0.05) is 42.5 Å². The summed E-state index contributed by atoms with van der Waals surface area (Å²) in [4.78, 5) is 4.49. The fraction of sp³-hybridized carbons (Fsp3) is 0.318. The summed E-state index contributed by atoms with van der Waals surface area (Å²) in [6.07, 6.45) is 5.43. The number of hydrogen-bond acceptors (Lipinski definition) is 3. The standard InChI is InChI=1S/C22H24FN3O2S/c23-21-8-6-19(7-9-21)17-29(27,28)26-13-10-18(11-14-26)16-25-15-12-24-22(25)20-4-2-1-3-5-20/h1-9,12,15,18H,10-11,13-14,16-17H2. The number of rotatable bonds is 6. The van der Waals surface area contributed by atoms with Crippen LogP contribution in [0.1, 0.15) is 18.4 Å². The molecule has 0 radical (unpaired) electrons. The van der Waals surface area contributed by atoms with Gasteiger partial charge < -0.3 is 4.57 Å². The molecule has 0 N–H and O–H groups in total. The number of sulfonamides is 1. The van der Waals surface area contributed by atoms with Crippen molar-refractivity contribution in [1.82, 2.24) is 13.9 Å². The van der Waals surface area contributed by atoms with Crippen LogP contribution in [0.2, 0.25) is 0 Å². The highest BCUT2D eigenvalue weighted by Gasteiger charge is 2.28. The van der Waals surface area contributed by atoms with Crippen molar-refractivity contribution >= 4 is 10.0 Å². The first-order valence-electron chi connectivity index (χ1n) is 9.80. The van der Waals surface area contributed by atoms with Crippen LogP contribution in [0, 0.1) is 11.7 Å². The third-order valence-corrected chi connectivity index (χ3v) is 7.28. The summed E-state index contributed by atoms with van der Waals surface area (Å²) >= 11 is 0. The van der Waals surface area contributed by atoms with Gasteiger partial charge in [0.1, 0.15) is 11.6 Å². The fourth-order valence-corrected chi connectivity index (χ4v) is 5.40. The van der Waals surface area contributed by atoms with Crippen molar-refractivity contribution < 1.29 is 12.8 Å². The van der Waals surface area contributed by atoms with E-state index in [2.05, 4.69) is 9.55 Å². The molecule has 3 aromatic rings. The van der Waals surface area contributed by atoms with Crippen LogP contribution >= 0.6 is 0 Å². The number of aromatic nitrogens is 2. The summed E-state index contributed by atoms with van der Waals surface area (Å²) < 4.78 is 42.2. The van der Waals surface area contributed by atoms with Crippen molar-refractivity contribution in [2.75, 3.05) is 13.1 Å². The second-order valence-corrected chi connectivity index (χ2v) is 9.46. The molecule has 1 aliphatic heterocycles. The van der Waals surface area contributed by atoms with E-state index in [9.17, 15) is 12.8 Å². The van der Waals surface area contributed by atoms with Crippen LogP contribution in [0.3, 0.4) is 0 Å². The van der Waals surface area contributed by atoms with E-state index in [1.165, 1.54) is 24.3 Å². The Labute approximate surface area is 170 Å². The lowest BCUT2D eigenvalue weighted by atomic mass is 9.98. The van der Waals surface area contributed by atoms with Crippen LogP contribution in [-0.4, -0.2) is 35.4 Å². The highest BCUT2D eigenvalue weighted by Crippen LogP contribution is 2.25. The Morgan fingerprint density at radius 3 is 2.38 bits per heavy atom. The van der Waals surface area contributed by atoms with Crippen LogP contribution in [0.15, 0.2) is 67.0 Å². The van der Waals surface area contributed by atoms with Gasteiger partial charge in [-0.3, -0.25) is 0 Å². The zero-order valence-corrected chi connectivity index (χ0v) is 16.9. The maximum absolute atomic E-state index is 13.0. The SMILES string of the molecule is O=S(=O)(Cc1ccc(F)cc1)N1CCC(Cn2ccnc2-c2ccccc2)CC1. The van der Waals surface area contributed by atoms with Gasteiger partial charge in [-0.05, 0) is 36.5 Å². The monoisotopic (exact) mass is 413 g/mol. The molecule has 1 aliphatic rings. The summed E-state index contributed by atoms with van der Waals surface area (Å²) in [5, 5.41) is 0. The number of piperidine rings is 1. The predicted molar refractivity (Wildman–Crippen MR) is 111 cm³/mol. The lowest BCUT2D eigenvalue weighted by Crippen LogP contribution is -2.39. The maximum atomic E-state index is 13.0. The molecule has 2 aromatic carbocycles. The predicted octanol–water partition coefficient (Wildman–Crippen LogP) is 3.93. The first kappa shape index (κ1) is 19.8. The first-order chi connectivity index (χ1) is 14.0. The minimum absolute atomic E-state index is 0.0857. The molecule has 0 amide bonds. The minimum Gasteiger partial charge on any atom is -0.331 e. The van der Waals surface area contributed by atoms with Crippen LogP contribution in [0.25, 0.3) is 11.4 Å². The van der Waals surface area contributed by atoms with Crippen molar-refractivity contribution in [2.45, 2.75) is 25.1 Å². The molecular weight excluding hydrogens is 389 g/mol. The van der Waals surface area contributed by atoms with Crippen molar-refractivity contribution in [2.24, 2.45) is 5.92 Å². The van der Waals surface area contributed by atoms with Crippen molar-refractivity contribution in [3.05, 3.63) is 78.4 Å².